The zero-order chi connectivity index (χ0) is 12.8. The Morgan fingerprint density at radius 3 is 2.33 bits per heavy atom. The Hall–Kier alpha value is -0.780. The van der Waals surface area contributed by atoms with E-state index in [9.17, 15) is 0 Å². The summed E-state index contributed by atoms with van der Waals surface area (Å²) in [5.74, 6) is 0.833. The van der Waals surface area contributed by atoms with Gasteiger partial charge in [-0.25, -0.2) is 0 Å². The molecule has 0 radical (unpaired) electrons. The molecule has 1 saturated carbocycles. The van der Waals surface area contributed by atoms with E-state index in [2.05, 4.69) is 44.2 Å². The number of hydrogen-bond donors (Lipinski definition) is 0. The van der Waals surface area contributed by atoms with Gasteiger partial charge < -0.3 is 0 Å². The van der Waals surface area contributed by atoms with Gasteiger partial charge in [0.1, 0.15) is 0 Å². The first-order valence-corrected chi connectivity index (χ1v) is 7.85. The fraction of sp³-hybridized carbons (Fsp3) is 0.667. The Morgan fingerprint density at radius 1 is 1.06 bits per heavy atom. The largest absolute Gasteiger partial charge is 0.0654 e. The van der Waals surface area contributed by atoms with Crippen molar-refractivity contribution in [2.24, 2.45) is 5.92 Å². The molecule has 0 spiro atoms. The Balaban J connectivity index is 2.22. The molecule has 1 fully saturated rings. The van der Waals surface area contributed by atoms with Crippen LogP contribution < -0.4 is 0 Å². The topological polar surface area (TPSA) is 0 Å². The predicted molar refractivity (Wildman–Crippen MR) is 79.9 cm³/mol. The quantitative estimate of drug-likeness (QED) is 0.622. The van der Waals surface area contributed by atoms with E-state index in [1.54, 1.807) is 5.56 Å². The zero-order valence-electron chi connectivity index (χ0n) is 12.1. The van der Waals surface area contributed by atoms with Gasteiger partial charge in [-0.3, -0.25) is 0 Å². The molecule has 0 aliphatic heterocycles. The molecule has 1 aliphatic rings. The first kappa shape index (κ1) is 13.6. The summed E-state index contributed by atoms with van der Waals surface area (Å²) in [5, 5.41) is 0. The molecule has 0 saturated heterocycles. The molecule has 0 nitrogen and oxygen atoms in total. The van der Waals surface area contributed by atoms with Crippen LogP contribution in [0.5, 0.6) is 0 Å². The van der Waals surface area contributed by atoms with Gasteiger partial charge in [0.15, 0.2) is 0 Å². The Labute approximate surface area is 113 Å². The van der Waals surface area contributed by atoms with Gasteiger partial charge in [0, 0.05) is 0 Å². The van der Waals surface area contributed by atoms with E-state index in [4.69, 9.17) is 0 Å². The summed E-state index contributed by atoms with van der Waals surface area (Å²) in [5.41, 5.74) is 2.09. The number of unbranched alkanes of at least 4 members (excludes halogenated alkanes) is 1. The van der Waals surface area contributed by atoms with Crippen LogP contribution in [0.15, 0.2) is 30.3 Å². The molecule has 0 heterocycles. The molecule has 1 unspecified atom stereocenters. The van der Waals surface area contributed by atoms with Gasteiger partial charge in [0.2, 0.25) is 0 Å². The Bertz CT molecular complexity index is 332. The van der Waals surface area contributed by atoms with Crippen LogP contribution in [-0.2, 0) is 5.41 Å². The normalized spacial score (nSPS) is 20.6. The lowest BCUT2D eigenvalue weighted by Crippen LogP contribution is -2.36. The Morgan fingerprint density at radius 2 is 1.72 bits per heavy atom. The van der Waals surface area contributed by atoms with Crippen molar-refractivity contribution in [2.75, 3.05) is 0 Å². The molecule has 0 N–H and O–H groups in total. The molecule has 100 valence electrons. The molecule has 1 aromatic rings. The first-order chi connectivity index (χ1) is 8.79. The van der Waals surface area contributed by atoms with Gasteiger partial charge in [0.05, 0.1) is 0 Å². The minimum absolute atomic E-state index is 0.481. The Kier molecular flexibility index (Phi) is 4.86. The van der Waals surface area contributed by atoms with E-state index in [0.717, 1.165) is 5.92 Å². The standard InChI is InChI=1S/C18H28/c1-3-4-11-16(2)18(14-9-6-10-15-18)17-12-7-5-8-13-17/h5,7-8,12-13,16H,3-4,6,9-11,14-15H2,1-2H3. The van der Waals surface area contributed by atoms with Gasteiger partial charge in [0.25, 0.3) is 0 Å². The lowest BCUT2D eigenvalue weighted by molar-refractivity contribution is 0.191. The molecule has 0 bridgehead atoms. The van der Waals surface area contributed by atoms with Crippen LogP contribution in [0.3, 0.4) is 0 Å². The van der Waals surface area contributed by atoms with Crippen LogP contribution >= 0.6 is 0 Å². The predicted octanol–water partition coefficient (Wildman–Crippen LogP) is 5.71. The first-order valence-electron chi connectivity index (χ1n) is 7.85. The zero-order valence-corrected chi connectivity index (χ0v) is 12.1. The van der Waals surface area contributed by atoms with E-state index >= 15 is 0 Å². The molecule has 0 aromatic heterocycles. The lowest BCUT2D eigenvalue weighted by Gasteiger charge is -2.43. The van der Waals surface area contributed by atoms with Crippen LogP contribution in [0.1, 0.15) is 70.8 Å². The van der Waals surface area contributed by atoms with E-state index in [1.807, 2.05) is 0 Å². The summed E-state index contributed by atoms with van der Waals surface area (Å²) in [6.45, 7) is 4.80. The summed E-state index contributed by atoms with van der Waals surface area (Å²) in [6, 6.07) is 11.3. The van der Waals surface area contributed by atoms with E-state index in [-0.39, 0.29) is 0 Å². The second kappa shape index (κ2) is 6.41. The molecular weight excluding hydrogens is 216 g/mol. The molecular formula is C18H28. The monoisotopic (exact) mass is 244 g/mol. The van der Waals surface area contributed by atoms with Crippen molar-refractivity contribution < 1.29 is 0 Å². The molecule has 2 rings (SSSR count). The minimum Gasteiger partial charge on any atom is -0.0654 e. The van der Waals surface area contributed by atoms with Crippen molar-refractivity contribution >= 4 is 0 Å². The van der Waals surface area contributed by atoms with Crippen LogP contribution in [0.25, 0.3) is 0 Å². The second-order valence-corrected chi connectivity index (χ2v) is 6.13. The SMILES string of the molecule is CCCCC(C)C1(c2ccccc2)CCCCC1. The highest BCUT2D eigenvalue weighted by Crippen LogP contribution is 2.46. The van der Waals surface area contributed by atoms with Crippen molar-refractivity contribution in [3.63, 3.8) is 0 Å². The minimum atomic E-state index is 0.481. The van der Waals surface area contributed by atoms with Gasteiger partial charge in [-0.1, -0.05) is 76.3 Å². The average molecular weight is 244 g/mol. The van der Waals surface area contributed by atoms with Crippen molar-refractivity contribution in [3.05, 3.63) is 35.9 Å². The molecule has 0 amide bonds. The number of benzene rings is 1. The van der Waals surface area contributed by atoms with Crippen molar-refractivity contribution in [1.29, 1.82) is 0 Å². The van der Waals surface area contributed by atoms with Crippen molar-refractivity contribution in [3.8, 4) is 0 Å². The van der Waals surface area contributed by atoms with Crippen LogP contribution in [0, 0.1) is 5.92 Å². The van der Waals surface area contributed by atoms with Crippen molar-refractivity contribution in [1.82, 2.24) is 0 Å². The summed E-state index contributed by atoms with van der Waals surface area (Å²) in [7, 11) is 0. The highest BCUT2D eigenvalue weighted by Gasteiger charge is 2.38. The molecule has 18 heavy (non-hydrogen) atoms. The third kappa shape index (κ3) is 2.79. The van der Waals surface area contributed by atoms with Crippen LogP contribution in [0.4, 0.5) is 0 Å². The summed E-state index contributed by atoms with van der Waals surface area (Å²) in [4.78, 5) is 0. The third-order valence-corrected chi connectivity index (χ3v) is 5.03. The average Bonchev–Trinajstić information content (AvgIpc) is 2.46. The maximum absolute atomic E-state index is 2.49. The number of rotatable bonds is 5. The van der Waals surface area contributed by atoms with Crippen molar-refractivity contribution in [2.45, 2.75) is 70.6 Å². The van der Waals surface area contributed by atoms with Gasteiger partial charge in [-0.05, 0) is 36.2 Å². The van der Waals surface area contributed by atoms with Crippen LogP contribution in [-0.4, -0.2) is 0 Å². The van der Waals surface area contributed by atoms with Gasteiger partial charge in [-0.2, -0.15) is 0 Å². The van der Waals surface area contributed by atoms with Crippen LogP contribution in [0.2, 0.25) is 0 Å². The number of hydrogen-bond acceptors (Lipinski definition) is 0. The molecule has 1 aliphatic carbocycles. The second-order valence-electron chi connectivity index (χ2n) is 6.13. The summed E-state index contributed by atoms with van der Waals surface area (Å²) >= 11 is 0. The summed E-state index contributed by atoms with van der Waals surface area (Å²) in [6.07, 6.45) is 11.2. The van der Waals surface area contributed by atoms with E-state index < -0.39 is 0 Å². The lowest BCUT2D eigenvalue weighted by atomic mass is 9.61. The fourth-order valence-electron chi connectivity index (χ4n) is 3.81. The maximum atomic E-state index is 2.49. The van der Waals surface area contributed by atoms with Gasteiger partial charge in [-0.15, -0.1) is 0 Å². The fourth-order valence-corrected chi connectivity index (χ4v) is 3.81. The molecule has 1 aromatic carbocycles. The summed E-state index contributed by atoms with van der Waals surface area (Å²) < 4.78 is 0. The smallest absolute Gasteiger partial charge is 0.00214 e. The maximum Gasteiger partial charge on any atom is -0.00214 e. The van der Waals surface area contributed by atoms with Gasteiger partial charge >= 0.3 is 0 Å². The third-order valence-electron chi connectivity index (χ3n) is 5.03. The van der Waals surface area contributed by atoms with E-state index in [0.29, 0.717) is 5.41 Å². The molecule has 0 heteroatoms. The molecule has 1 atom stereocenters. The van der Waals surface area contributed by atoms with E-state index in [1.165, 1.54) is 51.4 Å². The highest BCUT2D eigenvalue weighted by molar-refractivity contribution is 5.27. The highest BCUT2D eigenvalue weighted by atomic mass is 14.4.